The lowest BCUT2D eigenvalue weighted by molar-refractivity contribution is 0.0521. The minimum absolute atomic E-state index is 0.310. The summed E-state index contributed by atoms with van der Waals surface area (Å²) in [4.78, 5) is 21.0. The average Bonchev–Trinajstić information content (AvgIpc) is 2.84. The lowest BCUT2D eigenvalue weighted by atomic mass is 10.2. The third-order valence-corrected chi connectivity index (χ3v) is 3.30. The van der Waals surface area contributed by atoms with Crippen molar-refractivity contribution in [3.8, 4) is 10.6 Å². The molecule has 2 rings (SSSR count). The summed E-state index contributed by atoms with van der Waals surface area (Å²) in [5.41, 5.74) is 1.03. The van der Waals surface area contributed by atoms with Gasteiger partial charge >= 0.3 is 5.97 Å². The van der Waals surface area contributed by atoms with Gasteiger partial charge in [0.25, 0.3) is 0 Å². The number of carbonyl (C=O) groups is 1. The van der Waals surface area contributed by atoms with Gasteiger partial charge in [0.05, 0.1) is 17.2 Å². The van der Waals surface area contributed by atoms with E-state index in [0.29, 0.717) is 17.4 Å². The van der Waals surface area contributed by atoms with Crippen LogP contribution in [0.3, 0.4) is 0 Å². The van der Waals surface area contributed by atoms with Crippen LogP contribution in [0.4, 0.5) is 5.13 Å². The summed E-state index contributed by atoms with van der Waals surface area (Å²) in [7, 11) is 1.76. The van der Waals surface area contributed by atoms with Gasteiger partial charge in [-0.15, -0.1) is 0 Å². The van der Waals surface area contributed by atoms with Gasteiger partial charge in [-0.05, 0) is 19.1 Å². The van der Waals surface area contributed by atoms with E-state index in [2.05, 4.69) is 15.3 Å². The Hall–Kier alpha value is -1.95. The van der Waals surface area contributed by atoms with Crippen LogP contribution in [0.15, 0.2) is 24.4 Å². The zero-order valence-electron chi connectivity index (χ0n) is 10.1. The molecule has 0 saturated heterocycles. The minimum Gasteiger partial charge on any atom is -0.461 e. The number of hydrogen-bond acceptors (Lipinski definition) is 6. The Kier molecular flexibility index (Phi) is 3.88. The van der Waals surface area contributed by atoms with Crippen LogP contribution in [-0.2, 0) is 4.74 Å². The van der Waals surface area contributed by atoms with E-state index in [9.17, 15) is 4.79 Å². The first-order valence-corrected chi connectivity index (χ1v) is 6.35. The van der Waals surface area contributed by atoms with Gasteiger partial charge in [0.15, 0.2) is 10.8 Å². The first-order valence-electron chi connectivity index (χ1n) is 5.53. The number of rotatable bonds is 4. The molecule has 18 heavy (non-hydrogen) atoms. The van der Waals surface area contributed by atoms with Crippen LogP contribution in [0.5, 0.6) is 0 Å². The number of pyridine rings is 1. The first kappa shape index (κ1) is 12.5. The maximum Gasteiger partial charge on any atom is 0.358 e. The number of nitrogens with zero attached hydrogens (tertiary/aromatic N) is 2. The van der Waals surface area contributed by atoms with Crippen molar-refractivity contribution in [1.29, 1.82) is 0 Å². The van der Waals surface area contributed by atoms with Crippen LogP contribution in [0.1, 0.15) is 17.4 Å². The van der Waals surface area contributed by atoms with Crippen LogP contribution in [0.25, 0.3) is 10.6 Å². The van der Waals surface area contributed by atoms with Gasteiger partial charge in [0.2, 0.25) is 0 Å². The van der Waals surface area contributed by atoms with Crippen molar-refractivity contribution in [3.05, 3.63) is 30.1 Å². The number of nitrogens with one attached hydrogen (secondary N) is 1. The summed E-state index contributed by atoms with van der Waals surface area (Å²) < 4.78 is 5.00. The molecule has 2 aromatic rings. The monoisotopic (exact) mass is 263 g/mol. The Morgan fingerprint density at radius 2 is 2.33 bits per heavy atom. The summed E-state index contributed by atoms with van der Waals surface area (Å²) in [6.45, 7) is 2.09. The second kappa shape index (κ2) is 5.59. The number of carbonyl (C=O) groups excluding carboxylic acids is 1. The maximum absolute atomic E-state index is 11.8. The minimum atomic E-state index is -0.420. The second-order valence-corrected chi connectivity index (χ2v) is 4.38. The predicted octanol–water partition coefficient (Wildman–Crippen LogP) is 2.42. The zero-order valence-corrected chi connectivity index (χ0v) is 11.0. The van der Waals surface area contributed by atoms with Crippen LogP contribution in [0, 0.1) is 0 Å². The molecule has 0 unspecified atom stereocenters. The van der Waals surface area contributed by atoms with E-state index in [4.69, 9.17) is 4.74 Å². The van der Waals surface area contributed by atoms with Gasteiger partial charge < -0.3 is 10.1 Å². The first-order chi connectivity index (χ1) is 8.76. The van der Waals surface area contributed by atoms with E-state index in [-0.39, 0.29) is 0 Å². The van der Waals surface area contributed by atoms with E-state index in [1.165, 1.54) is 11.3 Å². The molecule has 0 saturated carbocycles. The topological polar surface area (TPSA) is 64.1 Å². The fraction of sp³-hybridized carbons (Fsp3) is 0.250. The van der Waals surface area contributed by atoms with Gasteiger partial charge in [-0.1, -0.05) is 17.4 Å². The molecule has 0 aliphatic heterocycles. The van der Waals surface area contributed by atoms with Crippen molar-refractivity contribution in [2.24, 2.45) is 0 Å². The fourth-order valence-electron chi connectivity index (χ4n) is 1.44. The molecule has 0 aliphatic rings. The van der Waals surface area contributed by atoms with Gasteiger partial charge in [0.1, 0.15) is 0 Å². The third kappa shape index (κ3) is 2.48. The highest BCUT2D eigenvalue weighted by Gasteiger charge is 2.20. The van der Waals surface area contributed by atoms with E-state index in [0.717, 1.165) is 10.6 Å². The van der Waals surface area contributed by atoms with E-state index in [1.54, 1.807) is 20.2 Å². The molecular weight excluding hydrogens is 250 g/mol. The zero-order chi connectivity index (χ0) is 13.0. The highest BCUT2D eigenvalue weighted by atomic mass is 32.1. The Bertz CT molecular complexity index is 540. The largest absolute Gasteiger partial charge is 0.461 e. The molecule has 5 nitrogen and oxygen atoms in total. The van der Waals surface area contributed by atoms with Crippen molar-refractivity contribution in [3.63, 3.8) is 0 Å². The van der Waals surface area contributed by atoms with Crippen LogP contribution in [-0.4, -0.2) is 29.6 Å². The standard InChI is InChI=1S/C12H13N3O2S/c1-3-17-11(16)9-10(18-12(13-2)15-9)8-6-4-5-7-14-8/h4-7H,3H2,1-2H3,(H,13,15). The highest BCUT2D eigenvalue weighted by molar-refractivity contribution is 7.19. The summed E-state index contributed by atoms with van der Waals surface area (Å²) in [6, 6.07) is 5.54. The Balaban J connectivity index is 2.45. The molecule has 94 valence electrons. The number of hydrogen-bond donors (Lipinski definition) is 1. The number of thiazole rings is 1. The molecule has 0 aliphatic carbocycles. The molecule has 0 aromatic carbocycles. The van der Waals surface area contributed by atoms with E-state index < -0.39 is 5.97 Å². The number of anilines is 1. The molecule has 0 fully saturated rings. The van der Waals surface area contributed by atoms with Crippen LogP contribution < -0.4 is 5.32 Å². The number of esters is 1. The highest BCUT2D eigenvalue weighted by Crippen LogP contribution is 2.31. The fourth-order valence-corrected chi connectivity index (χ4v) is 2.32. The second-order valence-electron chi connectivity index (χ2n) is 3.38. The predicted molar refractivity (Wildman–Crippen MR) is 70.8 cm³/mol. The maximum atomic E-state index is 11.8. The normalized spacial score (nSPS) is 10.1. The van der Waals surface area contributed by atoms with Gasteiger partial charge in [-0.25, -0.2) is 9.78 Å². The summed E-state index contributed by atoms with van der Waals surface area (Å²) >= 11 is 1.38. The average molecular weight is 263 g/mol. The summed E-state index contributed by atoms with van der Waals surface area (Å²) in [5.74, 6) is -0.420. The smallest absolute Gasteiger partial charge is 0.358 e. The van der Waals surface area contributed by atoms with Crippen molar-refractivity contribution in [2.75, 3.05) is 19.0 Å². The quantitative estimate of drug-likeness (QED) is 0.858. The SMILES string of the molecule is CCOC(=O)c1nc(NC)sc1-c1ccccn1. The van der Waals surface area contributed by atoms with Crippen LogP contribution in [0.2, 0.25) is 0 Å². The van der Waals surface area contributed by atoms with E-state index >= 15 is 0 Å². The summed E-state index contributed by atoms with van der Waals surface area (Å²) in [6.07, 6.45) is 1.68. The molecule has 2 aromatic heterocycles. The Morgan fingerprint density at radius 3 is 2.94 bits per heavy atom. The van der Waals surface area contributed by atoms with Crippen molar-refractivity contribution < 1.29 is 9.53 Å². The van der Waals surface area contributed by atoms with Crippen molar-refractivity contribution in [2.45, 2.75) is 6.92 Å². The van der Waals surface area contributed by atoms with Gasteiger partial charge in [-0.3, -0.25) is 4.98 Å². The van der Waals surface area contributed by atoms with Gasteiger partial charge in [0, 0.05) is 13.2 Å². The molecule has 0 amide bonds. The molecule has 0 atom stereocenters. The molecular formula is C12H13N3O2S. The molecule has 0 radical (unpaired) electrons. The summed E-state index contributed by atoms with van der Waals surface area (Å²) in [5, 5.41) is 3.59. The number of ether oxygens (including phenoxy) is 1. The lowest BCUT2D eigenvalue weighted by Crippen LogP contribution is -2.06. The lowest BCUT2D eigenvalue weighted by Gasteiger charge is -2.01. The molecule has 0 spiro atoms. The molecule has 2 heterocycles. The molecule has 0 bridgehead atoms. The van der Waals surface area contributed by atoms with Crippen LogP contribution >= 0.6 is 11.3 Å². The Morgan fingerprint density at radius 1 is 1.50 bits per heavy atom. The molecule has 6 heteroatoms. The van der Waals surface area contributed by atoms with E-state index in [1.807, 2.05) is 18.2 Å². The van der Waals surface area contributed by atoms with Crippen molar-refractivity contribution >= 4 is 22.4 Å². The van der Waals surface area contributed by atoms with Crippen molar-refractivity contribution in [1.82, 2.24) is 9.97 Å². The Labute approximate surface area is 109 Å². The third-order valence-electron chi connectivity index (χ3n) is 2.21. The van der Waals surface area contributed by atoms with Gasteiger partial charge in [-0.2, -0.15) is 0 Å². The molecule has 1 N–H and O–H groups in total. The number of aromatic nitrogens is 2.